The number of hydrogen-bond acceptors (Lipinski definition) is 3. The maximum Gasteiger partial charge on any atom is 0.336 e. The molecule has 0 saturated heterocycles. The minimum Gasteiger partial charge on any atom is -0.478 e. The second-order valence-corrected chi connectivity index (χ2v) is 4.62. The number of rotatable bonds is 2. The lowest BCUT2D eigenvalue weighted by Gasteiger charge is -1.97. The lowest BCUT2D eigenvalue weighted by molar-refractivity contribution is -0.140. The normalized spacial score (nSPS) is 8.94. The molecular weight excluding hydrogens is 356 g/mol. The van der Waals surface area contributed by atoms with E-state index in [0.717, 1.165) is 4.47 Å². The molecule has 0 bridgehead atoms. The van der Waals surface area contributed by atoms with E-state index in [0.29, 0.717) is 11.1 Å². The summed E-state index contributed by atoms with van der Waals surface area (Å²) in [4.78, 5) is 20.3. The molecule has 17 heavy (non-hydrogen) atoms. The molecule has 0 radical (unpaired) electrons. The number of aromatic carboxylic acids is 1. The van der Waals surface area contributed by atoms with Gasteiger partial charge in [0.2, 0.25) is 0 Å². The molecule has 0 unspecified atom stereocenters. The van der Waals surface area contributed by atoms with Crippen molar-refractivity contribution < 1.29 is 19.4 Å². The van der Waals surface area contributed by atoms with Crippen molar-refractivity contribution in [2.45, 2.75) is 13.8 Å². The number of carboxylic acid groups (broad SMARTS) is 1. The lowest BCUT2D eigenvalue weighted by atomic mass is 10.2. The Morgan fingerprint density at radius 3 is 2.24 bits per heavy atom. The van der Waals surface area contributed by atoms with E-state index in [2.05, 4.69) is 36.6 Å². The molecule has 0 spiro atoms. The fourth-order valence-corrected chi connectivity index (χ4v) is 1.64. The largest absolute Gasteiger partial charge is 0.478 e. The molecule has 1 aromatic carbocycles. The van der Waals surface area contributed by atoms with E-state index < -0.39 is 5.97 Å². The van der Waals surface area contributed by atoms with Gasteiger partial charge in [0.05, 0.1) is 12.2 Å². The summed E-state index contributed by atoms with van der Waals surface area (Å²) in [5, 5.41) is 8.64. The van der Waals surface area contributed by atoms with Gasteiger partial charge in [-0.3, -0.25) is 4.79 Å². The predicted molar refractivity (Wildman–Crippen MR) is 71.1 cm³/mol. The Balaban J connectivity index is 0.000000366. The van der Waals surface area contributed by atoms with Crippen LogP contribution in [0.3, 0.4) is 0 Å². The highest BCUT2D eigenvalue weighted by Gasteiger charge is 2.07. The first-order chi connectivity index (χ1) is 7.88. The van der Waals surface area contributed by atoms with Gasteiger partial charge in [0, 0.05) is 15.9 Å². The smallest absolute Gasteiger partial charge is 0.336 e. The Morgan fingerprint density at radius 2 is 1.94 bits per heavy atom. The number of ether oxygens (including phenoxy) is 1. The Morgan fingerprint density at radius 1 is 1.35 bits per heavy atom. The summed E-state index contributed by atoms with van der Waals surface area (Å²) in [5.41, 5.74) is 0.263. The summed E-state index contributed by atoms with van der Waals surface area (Å²) < 4.78 is 5.76. The molecule has 0 aliphatic rings. The molecule has 0 aliphatic heterocycles. The summed E-state index contributed by atoms with van der Waals surface area (Å²) in [6.07, 6.45) is 0. The number of carboxylic acids is 1. The summed E-state index contributed by atoms with van der Waals surface area (Å²) >= 11 is 6.31. The quantitative estimate of drug-likeness (QED) is 0.813. The molecule has 94 valence electrons. The molecule has 0 saturated carbocycles. The number of hydrogen-bond donors (Lipinski definition) is 1. The predicted octanol–water partition coefficient (Wildman–Crippen LogP) is 3.48. The SMILES string of the molecule is CCOC(C)=O.O=C(O)c1cc(Br)ccc1Br. The fourth-order valence-electron chi connectivity index (χ4n) is 0.865. The van der Waals surface area contributed by atoms with Crippen molar-refractivity contribution in [3.8, 4) is 0 Å². The molecular formula is C11H12Br2O4. The number of esters is 1. The molecule has 0 atom stereocenters. The zero-order valence-corrected chi connectivity index (χ0v) is 12.5. The average Bonchev–Trinajstić information content (AvgIpc) is 2.22. The van der Waals surface area contributed by atoms with Crippen molar-refractivity contribution in [3.63, 3.8) is 0 Å². The van der Waals surface area contributed by atoms with Crippen LogP contribution in [-0.4, -0.2) is 23.7 Å². The molecule has 1 aromatic rings. The highest BCUT2D eigenvalue weighted by Crippen LogP contribution is 2.21. The van der Waals surface area contributed by atoms with Crippen LogP contribution in [0.2, 0.25) is 0 Å². The van der Waals surface area contributed by atoms with Crippen LogP contribution in [0.5, 0.6) is 0 Å². The van der Waals surface area contributed by atoms with E-state index in [-0.39, 0.29) is 11.5 Å². The average molecular weight is 368 g/mol. The zero-order valence-electron chi connectivity index (χ0n) is 9.37. The molecule has 0 aliphatic carbocycles. The van der Waals surface area contributed by atoms with E-state index >= 15 is 0 Å². The minimum absolute atomic E-state index is 0.211. The van der Waals surface area contributed by atoms with E-state index in [1.807, 2.05) is 0 Å². The van der Waals surface area contributed by atoms with E-state index in [4.69, 9.17) is 5.11 Å². The Kier molecular flexibility index (Phi) is 7.82. The molecule has 6 heteroatoms. The molecule has 0 aromatic heterocycles. The number of halogens is 2. The van der Waals surface area contributed by atoms with Crippen LogP contribution < -0.4 is 0 Å². The summed E-state index contributed by atoms with van der Waals surface area (Å²) in [6, 6.07) is 5.01. The van der Waals surface area contributed by atoms with Gasteiger partial charge < -0.3 is 9.84 Å². The van der Waals surface area contributed by atoms with Crippen LogP contribution in [0.25, 0.3) is 0 Å². The van der Waals surface area contributed by atoms with Gasteiger partial charge in [-0.25, -0.2) is 4.79 Å². The molecule has 0 fully saturated rings. The maximum absolute atomic E-state index is 10.5. The molecule has 0 heterocycles. The van der Waals surface area contributed by atoms with Gasteiger partial charge in [0.1, 0.15) is 0 Å². The second-order valence-electron chi connectivity index (χ2n) is 2.85. The minimum atomic E-state index is -0.932. The third-order valence-corrected chi connectivity index (χ3v) is 2.69. The van der Waals surface area contributed by atoms with Gasteiger partial charge in [0.25, 0.3) is 0 Å². The van der Waals surface area contributed by atoms with E-state index in [1.54, 1.807) is 25.1 Å². The molecule has 1 rings (SSSR count). The third kappa shape index (κ3) is 7.12. The van der Waals surface area contributed by atoms with Crippen LogP contribution >= 0.6 is 31.9 Å². The molecule has 1 N–H and O–H groups in total. The van der Waals surface area contributed by atoms with Gasteiger partial charge in [-0.2, -0.15) is 0 Å². The van der Waals surface area contributed by atoms with Crippen molar-refractivity contribution in [1.82, 2.24) is 0 Å². The number of carbonyl (C=O) groups excluding carboxylic acids is 1. The van der Waals surface area contributed by atoms with Crippen LogP contribution in [0.4, 0.5) is 0 Å². The van der Waals surface area contributed by atoms with Crippen molar-refractivity contribution in [1.29, 1.82) is 0 Å². The van der Waals surface area contributed by atoms with Gasteiger partial charge in [-0.1, -0.05) is 15.9 Å². The highest BCUT2D eigenvalue weighted by atomic mass is 79.9. The first-order valence-corrected chi connectivity index (χ1v) is 6.28. The van der Waals surface area contributed by atoms with Crippen molar-refractivity contribution in [3.05, 3.63) is 32.7 Å². The van der Waals surface area contributed by atoms with Gasteiger partial charge in [-0.05, 0) is 41.1 Å². The first kappa shape index (κ1) is 16.1. The number of benzene rings is 1. The topological polar surface area (TPSA) is 63.6 Å². The summed E-state index contributed by atoms with van der Waals surface area (Å²) in [6.45, 7) is 3.65. The van der Waals surface area contributed by atoms with Crippen molar-refractivity contribution >= 4 is 43.8 Å². The van der Waals surface area contributed by atoms with Crippen LogP contribution in [-0.2, 0) is 9.53 Å². The van der Waals surface area contributed by atoms with E-state index in [9.17, 15) is 9.59 Å². The fraction of sp³-hybridized carbons (Fsp3) is 0.273. The zero-order chi connectivity index (χ0) is 13.4. The lowest BCUT2D eigenvalue weighted by Crippen LogP contribution is -1.96. The summed E-state index contributed by atoms with van der Waals surface area (Å²) in [7, 11) is 0. The van der Waals surface area contributed by atoms with Gasteiger partial charge in [0.15, 0.2) is 0 Å². The first-order valence-electron chi connectivity index (χ1n) is 4.70. The van der Waals surface area contributed by atoms with E-state index in [1.165, 1.54) is 6.92 Å². The third-order valence-electron chi connectivity index (χ3n) is 1.51. The summed E-state index contributed by atoms with van der Waals surface area (Å²) in [5.74, 6) is -1.14. The van der Waals surface area contributed by atoms with Crippen molar-refractivity contribution in [2.75, 3.05) is 6.61 Å². The maximum atomic E-state index is 10.5. The standard InChI is InChI=1S/C7H4Br2O2.C4H8O2/c8-4-1-2-6(9)5(3-4)7(10)11;1-3-6-4(2)5/h1-3H,(H,10,11);3H2,1-2H3. The number of carbonyl (C=O) groups is 2. The Labute approximate surface area is 116 Å². The Bertz CT molecular complexity index is 404. The van der Waals surface area contributed by atoms with Gasteiger partial charge in [-0.15, -0.1) is 0 Å². The highest BCUT2D eigenvalue weighted by molar-refractivity contribution is 9.11. The van der Waals surface area contributed by atoms with Gasteiger partial charge >= 0.3 is 11.9 Å². The van der Waals surface area contributed by atoms with Crippen LogP contribution in [0.1, 0.15) is 24.2 Å². The molecule has 4 nitrogen and oxygen atoms in total. The van der Waals surface area contributed by atoms with Crippen LogP contribution in [0, 0.1) is 0 Å². The monoisotopic (exact) mass is 366 g/mol. The Hall–Kier alpha value is -0.880. The van der Waals surface area contributed by atoms with Crippen molar-refractivity contribution in [2.24, 2.45) is 0 Å². The second kappa shape index (κ2) is 8.25. The molecule has 0 amide bonds. The van der Waals surface area contributed by atoms with Crippen LogP contribution in [0.15, 0.2) is 27.1 Å².